The second-order valence-corrected chi connectivity index (χ2v) is 6.62. The van der Waals surface area contributed by atoms with Crippen molar-refractivity contribution in [2.24, 2.45) is 0 Å². The number of hydrogen-bond acceptors (Lipinski definition) is 3. The largest absolute Gasteiger partial charge is 0.465 e. The Kier molecular flexibility index (Phi) is 3.54. The minimum atomic E-state index is -0.215. The lowest BCUT2D eigenvalue weighted by molar-refractivity contribution is -0.0199. The molecule has 0 fully saturated rings. The normalized spacial score (nSPS) is 21.7. The first-order valence-corrected chi connectivity index (χ1v) is 7.59. The van der Waals surface area contributed by atoms with Crippen LogP contribution >= 0.6 is 0 Å². The molecule has 112 valence electrons. The van der Waals surface area contributed by atoms with Crippen LogP contribution in [0, 0.1) is 0 Å². The Balaban J connectivity index is 1.99. The fourth-order valence-electron chi connectivity index (χ4n) is 2.74. The third-order valence-corrected chi connectivity index (χ3v) is 4.03. The number of anilines is 1. The molecule has 0 radical (unpaired) electrons. The molecule has 0 saturated carbocycles. The molecule has 1 N–H and O–H groups in total. The van der Waals surface area contributed by atoms with E-state index in [1.54, 1.807) is 6.26 Å². The van der Waals surface area contributed by atoms with Gasteiger partial charge in [-0.15, -0.1) is 0 Å². The Morgan fingerprint density at radius 3 is 2.62 bits per heavy atom. The molecule has 1 aliphatic heterocycles. The van der Waals surface area contributed by atoms with E-state index in [0.29, 0.717) is 0 Å². The van der Waals surface area contributed by atoms with E-state index >= 15 is 0 Å². The Morgan fingerprint density at radius 1 is 1.19 bits per heavy atom. The second-order valence-electron chi connectivity index (χ2n) is 6.62. The first-order chi connectivity index (χ1) is 9.99. The van der Waals surface area contributed by atoms with Crippen LogP contribution in [0.25, 0.3) is 0 Å². The monoisotopic (exact) mass is 285 g/mol. The summed E-state index contributed by atoms with van der Waals surface area (Å²) in [6.45, 7) is 8.84. The summed E-state index contributed by atoms with van der Waals surface area (Å²) >= 11 is 0. The molecule has 3 nitrogen and oxygen atoms in total. The molecule has 0 spiro atoms. The van der Waals surface area contributed by atoms with Crippen LogP contribution in [-0.4, -0.2) is 0 Å². The topological polar surface area (TPSA) is 34.4 Å². The van der Waals surface area contributed by atoms with Crippen molar-refractivity contribution in [1.29, 1.82) is 0 Å². The van der Waals surface area contributed by atoms with E-state index in [-0.39, 0.29) is 17.7 Å². The molecule has 2 unspecified atom stereocenters. The minimum Gasteiger partial charge on any atom is -0.465 e. The third kappa shape index (κ3) is 2.70. The zero-order valence-electron chi connectivity index (χ0n) is 13.1. The number of furan rings is 1. The molecule has 2 aromatic rings. The molecule has 21 heavy (non-hydrogen) atoms. The van der Waals surface area contributed by atoms with Crippen LogP contribution < -0.4 is 5.32 Å². The smallest absolute Gasteiger partial charge is 0.187 e. The molecule has 2 atom stereocenters. The summed E-state index contributed by atoms with van der Waals surface area (Å²) in [5.74, 6) is 0.820. The summed E-state index contributed by atoms with van der Waals surface area (Å²) < 4.78 is 11.6. The molecule has 2 heterocycles. The van der Waals surface area contributed by atoms with E-state index < -0.39 is 0 Å². The summed E-state index contributed by atoms with van der Waals surface area (Å²) in [7, 11) is 0. The third-order valence-electron chi connectivity index (χ3n) is 4.03. The first kappa shape index (κ1) is 14.2. The van der Waals surface area contributed by atoms with Gasteiger partial charge in [0.15, 0.2) is 12.0 Å². The van der Waals surface area contributed by atoms with Crippen molar-refractivity contribution in [3.63, 3.8) is 0 Å². The van der Waals surface area contributed by atoms with Gasteiger partial charge in [0.25, 0.3) is 0 Å². The Hall–Kier alpha value is -1.74. The average molecular weight is 285 g/mol. The zero-order chi connectivity index (χ0) is 15.0. The number of benzene rings is 1. The van der Waals surface area contributed by atoms with Crippen molar-refractivity contribution < 1.29 is 9.15 Å². The zero-order valence-corrected chi connectivity index (χ0v) is 13.1. The summed E-state index contributed by atoms with van der Waals surface area (Å²) in [4.78, 5) is 0. The van der Waals surface area contributed by atoms with Crippen molar-refractivity contribution in [2.45, 2.75) is 51.9 Å². The van der Waals surface area contributed by atoms with Crippen LogP contribution in [0.5, 0.6) is 0 Å². The van der Waals surface area contributed by atoms with Crippen molar-refractivity contribution in [3.8, 4) is 0 Å². The quantitative estimate of drug-likeness (QED) is 0.826. The van der Waals surface area contributed by atoms with Gasteiger partial charge < -0.3 is 14.5 Å². The molecule has 0 aliphatic carbocycles. The summed E-state index contributed by atoms with van der Waals surface area (Å²) in [5.41, 5.74) is 3.84. The van der Waals surface area contributed by atoms with Gasteiger partial charge in [-0.1, -0.05) is 39.8 Å². The van der Waals surface area contributed by atoms with E-state index in [2.05, 4.69) is 51.2 Å². The lowest BCUT2D eigenvalue weighted by Crippen LogP contribution is -2.24. The maximum Gasteiger partial charge on any atom is 0.187 e. The van der Waals surface area contributed by atoms with Crippen LogP contribution in [0.1, 0.15) is 63.3 Å². The standard InChI is InChI=1S/C18H23NO2/c1-5-15-13-9-8-12(18(2,3)4)11-14(13)19-17(21-15)16-7-6-10-20-16/h6-11,15,17,19H,5H2,1-4H3. The maximum atomic E-state index is 6.13. The molecular weight excluding hydrogens is 262 g/mol. The van der Waals surface area contributed by atoms with Crippen LogP contribution in [0.15, 0.2) is 41.0 Å². The summed E-state index contributed by atoms with van der Waals surface area (Å²) in [5, 5.41) is 3.46. The van der Waals surface area contributed by atoms with Gasteiger partial charge in [0.2, 0.25) is 0 Å². The van der Waals surface area contributed by atoms with Gasteiger partial charge in [-0.3, -0.25) is 0 Å². The van der Waals surface area contributed by atoms with Crippen LogP contribution in [0.2, 0.25) is 0 Å². The number of fused-ring (bicyclic) bond motifs is 1. The van der Waals surface area contributed by atoms with Crippen molar-refractivity contribution in [1.82, 2.24) is 0 Å². The molecule has 0 saturated heterocycles. The molecule has 1 aromatic carbocycles. The minimum absolute atomic E-state index is 0.102. The van der Waals surface area contributed by atoms with Crippen molar-refractivity contribution >= 4 is 5.69 Å². The van der Waals surface area contributed by atoms with E-state index in [1.165, 1.54) is 11.1 Å². The van der Waals surface area contributed by atoms with Gasteiger partial charge in [0.05, 0.1) is 12.4 Å². The number of hydrogen-bond donors (Lipinski definition) is 1. The lowest BCUT2D eigenvalue weighted by Gasteiger charge is -2.33. The predicted molar refractivity (Wildman–Crippen MR) is 84.3 cm³/mol. The fourth-order valence-corrected chi connectivity index (χ4v) is 2.74. The molecule has 3 heteroatoms. The van der Waals surface area contributed by atoms with Gasteiger partial charge in [-0.25, -0.2) is 0 Å². The fraction of sp³-hybridized carbons (Fsp3) is 0.444. The highest BCUT2D eigenvalue weighted by molar-refractivity contribution is 5.57. The molecule has 0 amide bonds. The van der Waals surface area contributed by atoms with Gasteiger partial charge in [-0.05, 0) is 35.6 Å². The second kappa shape index (κ2) is 5.23. The Labute approximate surface area is 126 Å². The number of nitrogens with one attached hydrogen (secondary N) is 1. The number of rotatable bonds is 2. The van der Waals surface area contributed by atoms with E-state index in [1.807, 2.05) is 12.1 Å². The Bertz CT molecular complexity index is 611. The maximum absolute atomic E-state index is 6.13. The van der Waals surface area contributed by atoms with E-state index in [0.717, 1.165) is 17.9 Å². The van der Waals surface area contributed by atoms with Crippen molar-refractivity contribution in [2.75, 3.05) is 5.32 Å². The van der Waals surface area contributed by atoms with Crippen LogP contribution in [0.3, 0.4) is 0 Å². The highest BCUT2D eigenvalue weighted by Crippen LogP contribution is 2.41. The van der Waals surface area contributed by atoms with Crippen LogP contribution in [0.4, 0.5) is 5.69 Å². The van der Waals surface area contributed by atoms with Gasteiger partial charge in [-0.2, -0.15) is 0 Å². The average Bonchev–Trinajstić information content (AvgIpc) is 2.98. The van der Waals surface area contributed by atoms with Crippen LogP contribution in [-0.2, 0) is 10.2 Å². The SMILES string of the molecule is CCC1OC(c2ccco2)Nc2cc(C(C)(C)C)ccc21. The van der Waals surface area contributed by atoms with Gasteiger partial charge >= 0.3 is 0 Å². The van der Waals surface area contributed by atoms with E-state index in [9.17, 15) is 0 Å². The molecule has 0 bridgehead atoms. The first-order valence-electron chi connectivity index (χ1n) is 7.59. The highest BCUT2D eigenvalue weighted by atomic mass is 16.5. The van der Waals surface area contributed by atoms with E-state index in [4.69, 9.17) is 9.15 Å². The molecule has 1 aromatic heterocycles. The Morgan fingerprint density at radius 2 is 2.00 bits per heavy atom. The predicted octanol–water partition coefficient (Wildman–Crippen LogP) is 5.17. The van der Waals surface area contributed by atoms with Crippen molar-refractivity contribution in [3.05, 3.63) is 53.5 Å². The lowest BCUT2D eigenvalue weighted by atomic mass is 9.85. The molecular formula is C18H23NO2. The highest BCUT2D eigenvalue weighted by Gasteiger charge is 2.29. The molecule has 1 aliphatic rings. The molecule has 3 rings (SSSR count). The van der Waals surface area contributed by atoms with Gasteiger partial charge in [0.1, 0.15) is 0 Å². The number of ether oxygens (including phenoxy) is 1. The van der Waals surface area contributed by atoms with Gasteiger partial charge in [0, 0.05) is 11.3 Å². The summed E-state index contributed by atoms with van der Waals surface area (Å²) in [6.07, 6.45) is 2.52. The summed E-state index contributed by atoms with van der Waals surface area (Å²) in [6, 6.07) is 10.5.